The van der Waals surface area contributed by atoms with E-state index in [-0.39, 0.29) is 23.1 Å². The third-order valence-electron chi connectivity index (χ3n) is 16.0. The molecule has 84 heavy (non-hydrogen) atoms. The van der Waals surface area contributed by atoms with Crippen molar-refractivity contribution in [3.8, 4) is 22.7 Å². The monoisotopic (exact) mass is 1310 g/mol. The van der Waals surface area contributed by atoms with Gasteiger partial charge in [0.05, 0.1) is 0 Å². The Kier molecular flexibility index (Phi) is 22.3. The van der Waals surface area contributed by atoms with Crippen molar-refractivity contribution in [3.63, 3.8) is 0 Å². The summed E-state index contributed by atoms with van der Waals surface area (Å²) in [6, 6.07) is 41.0. The summed E-state index contributed by atoms with van der Waals surface area (Å²) >= 11 is 7.28. The van der Waals surface area contributed by atoms with Gasteiger partial charge in [-0.15, -0.1) is 0 Å². The second kappa shape index (κ2) is 28.8. The summed E-state index contributed by atoms with van der Waals surface area (Å²) in [6.45, 7) is 36.5. The van der Waals surface area contributed by atoms with Gasteiger partial charge in [0.1, 0.15) is 0 Å². The number of imidazole rings is 2. The minimum absolute atomic E-state index is 0.0881. The zero-order chi connectivity index (χ0) is 61.4. The van der Waals surface area contributed by atoms with Crippen LogP contribution in [0.5, 0.6) is 0 Å². The van der Waals surface area contributed by atoms with Gasteiger partial charge in [-0.05, 0) is 0 Å². The van der Waals surface area contributed by atoms with Crippen LogP contribution in [0.2, 0.25) is 0 Å². The number of nitrogens with zero attached hydrogens (tertiary/aromatic N) is 4. The summed E-state index contributed by atoms with van der Waals surface area (Å²) in [5, 5.41) is 0. The van der Waals surface area contributed by atoms with E-state index in [0.717, 1.165) is 7.78 Å². The molecule has 10 rings (SSSR count). The van der Waals surface area contributed by atoms with Crippen LogP contribution in [0.4, 0.5) is 0 Å². The van der Waals surface area contributed by atoms with Gasteiger partial charge in [0.2, 0.25) is 0 Å². The van der Waals surface area contributed by atoms with Gasteiger partial charge in [-0.25, -0.2) is 0 Å². The molecule has 2 aromatic heterocycles. The van der Waals surface area contributed by atoms with Crippen molar-refractivity contribution in [1.82, 2.24) is 18.3 Å². The molecular weight excluding hydrogens is 1220 g/mol. The van der Waals surface area contributed by atoms with Crippen molar-refractivity contribution in [2.45, 2.75) is 184 Å². The van der Waals surface area contributed by atoms with Crippen molar-refractivity contribution in [2.24, 2.45) is 0 Å². The van der Waals surface area contributed by atoms with Crippen molar-refractivity contribution in [1.29, 1.82) is 0 Å². The van der Waals surface area contributed by atoms with Gasteiger partial charge in [0, 0.05) is 47.9 Å². The first-order chi connectivity index (χ1) is 39.9. The van der Waals surface area contributed by atoms with Crippen molar-refractivity contribution < 1.29 is 56.7 Å². The molecule has 2 aliphatic carbocycles. The maximum Gasteiger partial charge on any atom is 0.164 e. The summed E-state index contributed by atoms with van der Waals surface area (Å²) in [6.07, 6.45) is 10.3. The topological polar surface area (TPSA) is 88.0 Å². The number of rotatable bonds is 12. The van der Waals surface area contributed by atoms with Crippen LogP contribution >= 0.6 is 0 Å². The second-order valence-corrected chi connectivity index (χ2v) is 26.1. The second-order valence-electron chi connectivity index (χ2n) is 24.7. The maximum atomic E-state index is 11.3. The number of hydrogen-bond acceptors (Lipinski definition) is 4. The summed E-state index contributed by atoms with van der Waals surface area (Å²) < 4.78 is 11.6. The van der Waals surface area contributed by atoms with E-state index in [0.29, 0.717) is 95.3 Å². The fourth-order valence-corrected chi connectivity index (χ4v) is 12.6. The average Bonchev–Trinajstić information content (AvgIpc) is 3.02. The Morgan fingerprint density at radius 2 is 0.417 bits per heavy atom. The third-order valence-corrected chi connectivity index (χ3v) is 17.5. The Morgan fingerprint density at radius 3 is 0.560 bits per heavy atom. The smallest absolute Gasteiger partial charge is 0.164 e. The quantitative estimate of drug-likeness (QED) is 0.114. The molecule has 10 heteroatoms. The molecule has 8 aromatic rings. The van der Waals surface area contributed by atoms with E-state index in [1.807, 2.05) is 0 Å². The summed E-state index contributed by atoms with van der Waals surface area (Å²) in [7, 11) is 0. The van der Waals surface area contributed by atoms with Crippen LogP contribution < -0.4 is 0 Å². The molecule has 0 aliphatic heterocycles. The molecule has 6 aromatic carbocycles. The standard InChI is InChI=1S/2C27H36N2.2C10H8O2.2Pd/c2*1-18(2)22-11-9-12-23(19(3)4)26(22)28-15-16-29(17-28)27-24(20(5)6)13-10-14-25(27)21(7)8;2*11-9-5-6-10(12)8-4-2-1-3-7(8)9;;/h2*9-16,18-21H,1-8H3;2*1-4H,5-6H2;;. The first-order valence-corrected chi connectivity index (χ1v) is 31.8. The summed E-state index contributed by atoms with van der Waals surface area (Å²) in [4.78, 5) is 45.1. The molecule has 8 nitrogen and oxygen atoms in total. The molecule has 0 saturated carbocycles. The number of hydrogen-bond donors (Lipinski definition) is 0. The number of para-hydroxylation sites is 4. The Bertz CT molecular complexity index is 3210. The summed E-state index contributed by atoms with van der Waals surface area (Å²) in [5.74, 6) is 4.02. The van der Waals surface area contributed by atoms with Crippen LogP contribution in [-0.2, 0) is 37.5 Å². The fourth-order valence-electron chi connectivity index (χ4n) is 11.5. The molecule has 0 fully saturated rings. The minimum atomic E-state index is 0.0881. The molecule has 0 radical (unpaired) electrons. The van der Waals surface area contributed by atoms with Crippen LogP contribution in [0.1, 0.15) is 270 Å². The predicted molar refractivity (Wildman–Crippen MR) is 338 cm³/mol. The van der Waals surface area contributed by atoms with Gasteiger partial charge in [0.15, 0.2) is 23.1 Å². The minimum Gasteiger partial charge on any atom is -0.294 e. The number of carbonyl (C=O) groups is 4. The largest absolute Gasteiger partial charge is 0.294 e. The molecular formula is C74H88N4O4Pd2. The Morgan fingerprint density at radius 1 is 0.262 bits per heavy atom. The van der Waals surface area contributed by atoms with E-state index < -0.39 is 0 Å². The number of fused-ring (bicyclic) bond motifs is 2. The number of carbonyl (C=O) groups excluding carboxylic acids is 4. The zero-order valence-corrected chi connectivity index (χ0v) is 55.5. The van der Waals surface area contributed by atoms with Crippen LogP contribution in [0.15, 0.2) is 146 Å². The molecule has 0 saturated heterocycles. The number of aromatic nitrogens is 4. The molecule has 2 heterocycles. The van der Waals surface area contributed by atoms with E-state index in [1.165, 1.54) is 67.3 Å². The Balaban J connectivity index is 0.000000174. The van der Waals surface area contributed by atoms with E-state index in [4.69, 9.17) is 0 Å². The van der Waals surface area contributed by atoms with Gasteiger partial charge < -0.3 is 0 Å². The van der Waals surface area contributed by atoms with E-state index in [2.05, 4.69) is 264 Å². The first kappa shape index (κ1) is 65.3. The molecule has 2 aliphatic rings. The van der Waals surface area contributed by atoms with Crippen molar-refractivity contribution >= 4 is 23.1 Å². The van der Waals surface area contributed by atoms with Crippen LogP contribution in [0.3, 0.4) is 0 Å². The first-order valence-electron chi connectivity index (χ1n) is 30.2. The molecule has 0 atom stereocenters. The zero-order valence-electron chi connectivity index (χ0n) is 52.4. The summed E-state index contributed by atoms with van der Waals surface area (Å²) in [5.41, 5.74) is 18.7. The van der Waals surface area contributed by atoms with Gasteiger partial charge in [-0.1, -0.05) is 48.5 Å². The average molecular weight is 1310 g/mol. The van der Waals surface area contributed by atoms with E-state index >= 15 is 0 Å². The molecule has 0 bridgehead atoms. The third kappa shape index (κ3) is 14.3. The Labute approximate surface area is 521 Å². The van der Waals surface area contributed by atoms with Crippen molar-refractivity contribution in [2.75, 3.05) is 0 Å². The predicted octanol–water partition coefficient (Wildman–Crippen LogP) is 19.4. The van der Waals surface area contributed by atoms with Crippen LogP contribution in [-0.4, -0.2) is 41.4 Å². The normalized spacial score (nSPS) is 13.2. The number of Topliss-reactive ketones (excluding diaryl/α,β-unsaturated/α-hetero) is 4. The van der Waals surface area contributed by atoms with E-state index in [9.17, 15) is 19.2 Å². The van der Waals surface area contributed by atoms with Gasteiger partial charge in [-0.2, -0.15) is 0 Å². The SMILES string of the molecule is CC(C)c1cccc(C(C)C)c1-n1ccn(-c2c(C(C)C)cccc2C(C)C)[c]1=[Pd].CC(C)c1cccc(C(C)C)c1-n1ccn(-c2c(C(C)C)cccc2C(C)C)[c]1=[Pd].O=C1CCC(=O)c2ccccc21.O=C1CCC(=O)c2ccccc21. The molecule has 0 N–H and O–H groups in total. The molecule has 0 spiro atoms. The molecule has 0 amide bonds. The molecule has 448 valence electrons. The van der Waals surface area contributed by atoms with E-state index in [1.54, 1.807) is 48.5 Å². The van der Waals surface area contributed by atoms with Crippen LogP contribution in [0, 0.1) is 7.78 Å². The van der Waals surface area contributed by atoms with Gasteiger partial charge in [-0.3, -0.25) is 19.2 Å². The fraction of sp³-hybridized carbons (Fsp3) is 0.378. The van der Waals surface area contributed by atoms with Gasteiger partial charge in [0.25, 0.3) is 0 Å². The Hall–Kier alpha value is -6.26. The number of ketones is 4. The van der Waals surface area contributed by atoms with Crippen molar-refractivity contribution in [3.05, 3.63) is 221 Å². The van der Waals surface area contributed by atoms with Gasteiger partial charge >= 0.3 is 387 Å². The maximum absolute atomic E-state index is 11.3. The number of benzene rings is 6. The molecule has 0 unspecified atom stereocenters. The van der Waals surface area contributed by atoms with Crippen LogP contribution in [0.25, 0.3) is 22.7 Å².